The smallest absolute Gasteiger partial charge is 0.122 e. The van der Waals surface area contributed by atoms with Crippen LogP contribution in [0.3, 0.4) is 0 Å². The summed E-state index contributed by atoms with van der Waals surface area (Å²) in [7, 11) is 4.01. The highest BCUT2D eigenvalue weighted by molar-refractivity contribution is 5.33. The lowest BCUT2D eigenvalue weighted by Gasteiger charge is -2.34. The SMILES string of the molecule is CCn1cc(CN(C)CC2CCCN(CCc3ccccc3OC)C2)c(C)n1. The number of piperidine rings is 1. The van der Waals surface area contributed by atoms with Crippen molar-refractivity contribution in [1.29, 1.82) is 0 Å². The summed E-state index contributed by atoms with van der Waals surface area (Å²) in [6, 6.07) is 8.40. The van der Waals surface area contributed by atoms with Crippen molar-refractivity contribution >= 4 is 0 Å². The Bertz CT molecular complexity index is 742. The molecule has 1 unspecified atom stereocenters. The fraction of sp³-hybridized carbons (Fsp3) is 0.609. The van der Waals surface area contributed by atoms with Crippen LogP contribution < -0.4 is 4.74 Å². The van der Waals surface area contributed by atoms with E-state index in [0.29, 0.717) is 0 Å². The number of ether oxygens (including phenoxy) is 1. The van der Waals surface area contributed by atoms with E-state index in [9.17, 15) is 0 Å². The molecule has 0 N–H and O–H groups in total. The van der Waals surface area contributed by atoms with Crippen LogP contribution in [-0.4, -0.2) is 59.9 Å². The molecular weight excluding hydrogens is 348 g/mol. The summed E-state index contributed by atoms with van der Waals surface area (Å²) < 4.78 is 7.54. The molecule has 1 aliphatic rings. The molecule has 1 aliphatic heterocycles. The fourth-order valence-electron chi connectivity index (χ4n) is 4.36. The summed E-state index contributed by atoms with van der Waals surface area (Å²) in [5, 5.41) is 4.58. The second-order valence-corrected chi connectivity index (χ2v) is 8.16. The number of rotatable bonds is 9. The first-order chi connectivity index (χ1) is 13.6. The maximum Gasteiger partial charge on any atom is 0.122 e. The van der Waals surface area contributed by atoms with Crippen LogP contribution >= 0.6 is 0 Å². The average molecular weight is 385 g/mol. The van der Waals surface area contributed by atoms with Crippen molar-refractivity contribution in [3.8, 4) is 5.75 Å². The lowest BCUT2D eigenvalue weighted by molar-refractivity contribution is 0.142. The van der Waals surface area contributed by atoms with E-state index in [-0.39, 0.29) is 0 Å². The number of aromatic nitrogens is 2. The molecular formula is C23H36N4O. The number of para-hydroxylation sites is 1. The van der Waals surface area contributed by atoms with Gasteiger partial charge in [0.05, 0.1) is 12.8 Å². The highest BCUT2D eigenvalue weighted by Gasteiger charge is 2.21. The van der Waals surface area contributed by atoms with Gasteiger partial charge in [-0.1, -0.05) is 18.2 Å². The van der Waals surface area contributed by atoms with E-state index in [1.165, 1.54) is 37.1 Å². The summed E-state index contributed by atoms with van der Waals surface area (Å²) in [6.07, 6.45) is 5.90. The number of methoxy groups -OCH3 is 1. The second-order valence-electron chi connectivity index (χ2n) is 8.16. The number of benzene rings is 1. The molecule has 0 aliphatic carbocycles. The van der Waals surface area contributed by atoms with E-state index in [4.69, 9.17) is 4.74 Å². The van der Waals surface area contributed by atoms with E-state index in [0.717, 1.165) is 50.0 Å². The molecule has 154 valence electrons. The van der Waals surface area contributed by atoms with Crippen molar-refractivity contribution in [2.45, 2.75) is 46.2 Å². The second kappa shape index (κ2) is 10.1. The maximum absolute atomic E-state index is 5.50. The molecule has 28 heavy (non-hydrogen) atoms. The van der Waals surface area contributed by atoms with Crippen LogP contribution in [0, 0.1) is 12.8 Å². The number of hydrogen-bond donors (Lipinski definition) is 0. The normalized spacial score (nSPS) is 18.0. The van der Waals surface area contributed by atoms with Gasteiger partial charge in [-0.15, -0.1) is 0 Å². The Balaban J connectivity index is 1.48. The van der Waals surface area contributed by atoms with Crippen molar-refractivity contribution in [3.05, 3.63) is 47.3 Å². The Morgan fingerprint density at radius 3 is 2.82 bits per heavy atom. The number of nitrogens with zero attached hydrogens (tertiary/aromatic N) is 4. The van der Waals surface area contributed by atoms with E-state index in [1.54, 1.807) is 7.11 Å². The minimum atomic E-state index is 0.748. The molecule has 5 nitrogen and oxygen atoms in total. The van der Waals surface area contributed by atoms with Crippen molar-refractivity contribution in [2.75, 3.05) is 40.3 Å². The number of aryl methyl sites for hydroxylation is 2. The summed E-state index contributed by atoms with van der Waals surface area (Å²) in [5.74, 6) is 1.76. The predicted octanol–water partition coefficient (Wildman–Crippen LogP) is 3.61. The first-order valence-corrected chi connectivity index (χ1v) is 10.6. The third-order valence-electron chi connectivity index (χ3n) is 5.88. The third-order valence-corrected chi connectivity index (χ3v) is 5.88. The highest BCUT2D eigenvalue weighted by Crippen LogP contribution is 2.21. The predicted molar refractivity (Wildman–Crippen MR) is 115 cm³/mol. The first kappa shape index (κ1) is 20.9. The van der Waals surface area contributed by atoms with Crippen molar-refractivity contribution < 1.29 is 4.74 Å². The summed E-state index contributed by atoms with van der Waals surface area (Å²) in [5.41, 5.74) is 3.83. The largest absolute Gasteiger partial charge is 0.496 e. The van der Waals surface area contributed by atoms with Crippen LogP contribution in [0.5, 0.6) is 5.75 Å². The third kappa shape index (κ3) is 5.58. The summed E-state index contributed by atoms with van der Waals surface area (Å²) in [4.78, 5) is 5.10. The van der Waals surface area contributed by atoms with Crippen molar-refractivity contribution in [2.24, 2.45) is 5.92 Å². The lowest BCUT2D eigenvalue weighted by atomic mass is 9.97. The zero-order valence-corrected chi connectivity index (χ0v) is 18.0. The van der Waals surface area contributed by atoms with Gasteiger partial charge < -0.3 is 14.5 Å². The van der Waals surface area contributed by atoms with Crippen LogP contribution in [0.1, 0.15) is 36.6 Å². The molecule has 0 radical (unpaired) electrons. The molecule has 1 aromatic heterocycles. The molecule has 2 heterocycles. The van der Waals surface area contributed by atoms with Gasteiger partial charge in [-0.05, 0) is 64.3 Å². The molecule has 1 aromatic carbocycles. The Morgan fingerprint density at radius 1 is 1.25 bits per heavy atom. The van der Waals surface area contributed by atoms with Gasteiger partial charge in [-0.3, -0.25) is 4.68 Å². The van der Waals surface area contributed by atoms with Crippen molar-refractivity contribution in [3.63, 3.8) is 0 Å². The molecule has 0 amide bonds. The highest BCUT2D eigenvalue weighted by atomic mass is 16.5. The van der Waals surface area contributed by atoms with Gasteiger partial charge in [0, 0.05) is 44.5 Å². The van der Waals surface area contributed by atoms with Gasteiger partial charge in [0.1, 0.15) is 5.75 Å². The van der Waals surface area contributed by atoms with Gasteiger partial charge in [-0.25, -0.2) is 0 Å². The van der Waals surface area contributed by atoms with Crippen LogP contribution in [0.15, 0.2) is 30.5 Å². The van der Waals surface area contributed by atoms with Gasteiger partial charge in [0.2, 0.25) is 0 Å². The van der Waals surface area contributed by atoms with Crippen LogP contribution in [-0.2, 0) is 19.5 Å². The molecule has 0 spiro atoms. The van der Waals surface area contributed by atoms with E-state index in [1.807, 2.05) is 10.7 Å². The Kier molecular flexibility index (Phi) is 7.51. The van der Waals surface area contributed by atoms with Crippen molar-refractivity contribution in [1.82, 2.24) is 19.6 Å². The van der Waals surface area contributed by atoms with Gasteiger partial charge in [0.15, 0.2) is 0 Å². The van der Waals surface area contributed by atoms with E-state index >= 15 is 0 Å². The molecule has 1 fully saturated rings. The molecule has 1 atom stereocenters. The molecule has 1 saturated heterocycles. The van der Waals surface area contributed by atoms with Crippen LogP contribution in [0.2, 0.25) is 0 Å². The summed E-state index contributed by atoms with van der Waals surface area (Å²) >= 11 is 0. The van der Waals surface area contributed by atoms with Gasteiger partial charge >= 0.3 is 0 Å². The first-order valence-electron chi connectivity index (χ1n) is 10.6. The summed E-state index contributed by atoms with van der Waals surface area (Å²) in [6.45, 7) is 10.9. The average Bonchev–Trinajstić information content (AvgIpc) is 3.06. The Labute approximate surface area is 170 Å². The lowest BCUT2D eigenvalue weighted by Crippen LogP contribution is -2.40. The molecule has 3 rings (SSSR count). The maximum atomic E-state index is 5.50. The molecule has 2 aromatic rings. The molecule has 0 saturated carbocycles. The minimum absolute atomic E-state index is 0.748. The number of hydrogen-bond acceptors (Lipinski definition) is 4. The van der Waals surface area contributed by atoms with Gasteiger partial charge in [0.25, 0.3) is 0 Å². The molecule has 0 bridgehead atoms. The van der Waals surface area contributed by atoms with E-state index < -0.39 is 0 Å². The quantitative estimate of drug-likeness (QED) is 0.661. The Hall–Kier alpha value is -1.85. The van der Waals surface area contributed by atoms with E-state index in [2.05, 4.69) is 60.2 Å². The number of likely N-dealkylation sites (tertiary alicyclic amines) is 1. The fourth-order valence-corrected chi connectivity index (χ4v) is 4.36. The molecule has 5 heteroatoms. The minimum Gasteiger partial charge on any atom is -0.496 e. The van der Waals surface area contributed by atoms with Crippen LogP contribution in [0.4, 0.5) is 0 Å². The zero-order valence-electron chi connectivity index (χ0n) is 18.0. The van der Waals surface area contributed by atoms with Gasteiger partial charge in [-0.2, -0.15) is 5.10 Å². The standard InChI is InChI=1S/C23H36N4O/c1-5-27-18-22(19(2)24-27)17-25(3)15-20-9-8-13-26(16-20)14-12-21-10-6-7-11-23(21)28-4/h6-7,10-11,18,20H,5,8-9,12-17H2,1-4H3. The van der Waals surface area contributed by atoms with Crippen LogP contribution in [0.25, 0.3) is 0 Å². The monoisotopic (exact) mass is 384 g/mol. The topological polar surface area (TPSA) is 33.5 Å². The Morgan fingerprint density at radius 2 is 2.07 bits per heavy atom. The zero-order chi connectivity index (χ0) is 19.9.